The van der Waals surface area contributed by atoms with E-state index in [9.17, 15) is 14.4 Å². The van der Waals surface area contributed by atoms with Crippen LogP contribution in [0.1, 0.15) is 18.4 Å². The molecule has 0 saturated carbocycles. The Balaban J connectivity index is 2.68. The molecule has 0 bridgehead atoms. The van der Waals surface area contributed by atoms with Gasteiger partial charge >= 0.3 is 17.9 Å². The van der Waals surface area contributed by atoms with Crippen LogP contribution in [-0.2, 0) is 35.2 Å². The smallest absolute Gasteiger partial charge is 0.310 e. The Hall–Kier alpha value is -2.08. The number of halogens is 1. The topological polar surface area (TPSA) is 78.9 Å². The molecule has 0 aromatic heterocycles. The average Bonchev–Trinajstić information content (AvgIpc) is 2.52. The lowest BCUT2D eigenvalue weighted by Gasteiger charge is -2.14. The SMILES string of the molecule is COC(=O)CC(CC(=O)OC)C(=O)OCc1ccccc1Cl. The number of hydrogen-bond donors (Lipinski definition) is 0. The van der Waals surface area contributed by atoms with Crippen LogP contribution in [0.25, 0.3) is 0 Å². The summed E-state index contributed by atoms with van der Waals surface area (Å²) in [4.78, 5) is 34.7. The largest absolute Gasteiger partial charge is 0.469 e. The molecule has 7 heteroatoms. The fraction of sp³-hybridized carbons (Fsp3) is 0.400. The maximum atomic E-state index is 12.0. The number of benzene rings is 1. The van der Waals surface area contributed by atoms with Crippen molar-refractivity contribution < 1.29 is 28.6 Å². The van der Waals surface area contributed by atoms with Crippen LogP contribution in [0.3, 0.4) is 0 Å². The van der Waals surface area contributed by atoms with E-state index >= 15 is 0 Å². The Morgan fingerprint density at radius 3 is 2.09 bits per heavy atom. The van der Waals surface area contributed by atoms with Crippen molar-refractivity contribution in [2.75, 3.05) is 14.2 Å². The van der Waals surface area contributed by atoms with Crippen LogP contribution in [0.4, 0.5) is 0 Å². The monoisotopic (exact) mass is 328 g/mol. The van der Waals surface area contributed by atoms with Crippen LogP contribution >= 0.6 is 11.6 Å². The summed E-state index contributed by atoms with van der Waals surface area (Å²) in [5.74, 6) is -2.86. The molecule has 22 heavy (non-hydrogen) atoms. The zero-order chi connectivity index (χ0) is 16.5. The summed E-state index contributed by atoms with van der Waals surface area (Å²) in [6.45, 7) is -0.0443. The van der Waals surface area contributed by atoms with Crippen molar-refractivity contribution in [1.82, 2.24) is 0 Å². The van der Waals surface area contributed by atoms with Gasteiger partial charge < -0.3 is 14.2 Å². The van der Waals surface area contributed by atoms with Gasteiger partial charge in [-0.25, -0.2) is 0 Å². The van der Waals surface area contributed by atoms with Gasteiger partial charge in [-0.05, 0) is 6.07 Å². The van der Waals surface area contributed by atoms with E-state index in [1.54, 1.807) is 24.3 Å². The minimum absolute atomic E-state index is 0.0443. The van der Waals surface area contributed by atoms with Crippen molar-refractivity contribution in [3.8, 4) is 0 Å². The predicted molar refractivity (Wildman–Crippen MR) is 78.0 cm³/mol. The van der Waals surface area contributed by atoms with E-state index in [1.165, 1.54) is 14.2 Å². The summed E-state index contributed by atoms with van der Waals surface area (Å²) >= 11 is 5.96. The molecule has 0 radical (unpaired) electrons. The van der Waals surface area contributed by atoms with Crippen LogP contribution in [0.15, 0.2) is 24.3 Å². The number of rotatable bonds is 7. The molecule has 0 heterocycles. The molecule has 0 atom stereocenters. The molecular formula is C15H17ClO6. The lowest BCUT2D eigenvalue weighted by Crippen LogP contribution is -2.24. The average molecular weight is 329 g/mol. The second-order valence-electron chi connectivity index (χ2n) is 4.46. The first kappa shape index (κ1) is 18.0. The molecule has 6 nitrogen and oxygen atoms in total. The van der Waals surface area contributed by atoms with Crippen molar-refractivity contribution in [3.05, 3.63) is 34.9 Å². The van der Waals surface area contributed by atoms with E-state index in [-0.39, 0.29) is 19.4 Å². The fourth-order valence-electron chi connectivity index (χ4n) is 1.69. The summed E-state index contributed by atoms with van der Waals surface area (Å²) in [6.07, 6.45) is -0.514. The predicted octanol–water partition coefficient (Wildman–Crippen LogP) is 2.13. The molecule has 0 unspecified atom stereocenters. The number of carbonyl (C=O) groups excluding carboxylic acids is 3. The quantitative estimate of drug-likeness (QED) is 0.563. The van der Waals surface area contributed by atoms with E-state index in [0.29, 0.717) is 10.6 Å². The molecule has 0 N–H and O–H groups in total. The third kappa shape index (κ3) is 5.73. The van der Waals surface area contributed by atoms with E-state index in [1.807, 2.05) is 0 Å². The first-order valence-corrected chi connectivity index (χ1v) is 6.89. The van der Waals surface area contributed by atoms with Gasteiger partial charge in [0.25, 0.3) is 0 Å². The number of esters is 3. The number of hydrogen-bond acceptors (Lipinski definition) is 6. The highest BCUT2D eigenvalue weighted by molar-refractivity contribution is 6.31. The van der Waals surface area contributed by atoms with Crippen LogP contribution in [0.2, 0.25) is 5.02 Å². The molecule has 1 aromatic carbocycles. The summed E-state index contributed by atoms with van der Waals surface area (Å²) in [6, 6.07) is 6.90. The van der Waals surface area contributed by atoms with Gasteiger partial charge in [-0.1, -0.05) is 29.8 Å². The van der Waals surface area contributed by atoms with Crippen molar-refractivity contribution in [2.45, 2.75) is 19.4 Å². The molecule has 0 amide bonds. The fourth-order valence-corrected chi connectivity index (χ4v) is 1.88. The molecule has 1 aromatic rings. The maximum absolute atomic E-state index is 12.0. The highest BCUT2D eigenvalue weighted by atomic mass is 35.5. The normalized spacial score (nSPS) is 10.2. The lowest BCUT2D eigenvalue weighted by atomic mass is 10.0. The molecule has 0 aliphatic carbocycles. The van der Waals surface area contributed by atoms with Gasteiger partial charge in [0.05, 0.1) is 33.0 Å². The Labute approximate surface area is 133 Å². The van der Waals surface area contributed by atoms with Gasteiger partial charge in [0.15, 0.2) is 0 Å². The lowest BCUT2D eigenvalue weighted by molar-refractivity contribution is -0.158. The summed E-state index contributed by atoms with van der Waals surface area (Å²) in [5.41, 5.74) is 0.632. The molecule has 0 saturated heterocycles. The number of ether oxygens (including phenoxy) is 3. The minimum atomic E-state index is -0.956. The molecule has 1 rings (SSSR count). The highest BCUT2D eigenvalue weighted by Crippen LogP contribution is 2.18. The molecule has 0 spiro atoms. The highest BCUT2D eigenvalue weighted by Gasteiger charge is 2.27. The number of carbonyl (C=O) groups is 3. The van der Waals surface area contributed by atoms with E-state index < -0.39 is 23.8 Å². The number of methoxy groups -OCH3 is 2. The second kappa shape index (κ2) is 9.04. The summed E-state index contributed by atoms with van der Waals surface area (Å²) < 4.78 is 14.1. The van der Waals surface area contributed by atoms with E-state index in [4.69, 9.17) is 16.3 Å². The molecular weight excluding hydrogens is 312 g/mol. The Morgan fingerprint density at radius 1 is 1.05 bits per heavy atom. The Bertz CT molecular complexity index is 525. The second-order valence-corrected chi connectivity index (χ2v) is 4.86. The molecule has 0 aliphatic rings. The Kier molecular flexibility index (Phi) is 7.39. The first-order valence-electron chi connectivity index (χ1n) is 6.51. The molecule has 120 valence electrons. The van der Waals surface area contributed by atoms with Crippen LogP contribution in [0.5, 0.6) is 0 Å². The Morgan fingerprint density at radius 2 is 1.59 bits per heavy atom. The van der Waals surface area contributed by atoms with Crippen molar-refractivity contribution in [3.63, 3.8) is 0 Å². The van der Waals surface area contributed by atoms with Gasteiger partial charge in [0, 0.05) is 10.6 Å². The first-order chi connectivity index (χ1) is 10.5. The van der Waals surface area contributed by atoms with Crippen molar-refractivity contribution in [2.24, 2.45) is 5.92 Å². The van der Waals surface area contributed by atoms with Gasteiger partial charge in [-0.2, -0.15) is 0 Å². The van der Waals surface area contributed by atoms with E-state index in [2.05, 4.69) is 9.47 Å². The molecule has 0 aliphatic heterocycles. The van der Waals surface area contributed by atoms with E-state index in [0.717, 1.165) is 0 Å². The van der Waals surface area contributed by atoms with Gasteiger partial charge in [-0.3, -0.25) is 14.4 Å². The summed E-state index contributed by atoms with van der Waals surface area (Å²) in [7, 11) is 2.40. The maximum Gasteiger partial charge on any atom is 0.310 e. The van der Waals surface area contributed by atoms with Crippen LogP contribution in [-0.4, -0.2) is 32.1 Å². The van der Waals surface area contributed by atoms with Gasteiger partial charge in [0.1, 0.15) is 6.61 Å². The molecule has 0 fully saturated rings. The van der Waals surface area contributed by atoms with Crippen LogP contribution < -0.4 is 0 Å². The third-order valence-electron chi connectivity index (χ3n) is 2.94. The third-order valence-corrected chi connectivity index (χ3v) is 3.31. The van der Waals surface area contributed by atoms with Crippen LogP contribution in [0, 0.1) is 5.92 Å². The zero-order valence-corrected chi connectivity index (χ0v) is 13.1. The summed E-state index contributed by atoms with van der Waals surface area (Å²) in [5, 5.41) is 0.466. The zero-order valence-electron chi connectivity index (χ0n) is 12.3. The van der Waals surface area contributed by atoms with Crippen molar-refractivity contribution in [1.29, 1.82) is 0 Å². The van der Waals surface area contributed by atoms with Crippen molar-refractivity contribution >= 4 is 29.5 Å². The van der Waals surface area contributed by atoms with Gasteiger partial charge in [0.2, 0.25) is 0 Å². The minimum Gasteiger partial charge on any atom is -0.469 e. The standard InChI is InChI=1S/C15H17ClO6/c1-20-13(17)7-11(8-14(18)21-2)15(19)22-9-10-5-3-4-6-12(10)16/h3-6,11H,7-9H2,1-2H3. The van der Waals surface area contributed by atoms with Gasteiger partial charge in [-0.15, -0.1) is 0 Å².